The Morgan fingerprint density at radius 2 is 1.88 bits per heavy atom. The summed E-state index contributed by atoms with van der Waals surface area (Å²) in [5, 5.41) is 4.97. The molecule has 5 rings (SSSR count). The van der Waals surface area contributed by atoms with Crippen LogP contribution in [0.5, 0.6) is 11.5 Å². The predicted molar refractivity (Wildman–Crippen MR) is 98.9 cm³/mol. The van der Waals surface area contributed by atoms with Crippen LogP contribution in [0.2, 0.25) is 0 Å². The van der Waals surface area contributed by atoms with Gasteiger partial charge in [-0.05, 0) is 29.8 Å². The maximum Gasteiger partial charge on any atom is 0.231 e. The van der Waals surface area contributed by atoms with Crippen LogP contribution in [0.1, 0.15) is 35.1 Å². The van der Waals surface area contributed by atoms with E-state index in [4.69, 9.17) is 20.3 Å². The van der Waals surface area contributed by atoms with Crippen LogP contribution in [-0.2, 0) is 12.8 Å². The Balaban J connectivity index is 1.77. The smallest absolute Gasteiger partial charge is 0.231 e. The fourth-order valence-electron chi connectivity index (χ4n) is 3.46. The maximum atomic E-state index is 5.87. The normalized spacial score (nSPS) is 14.4. The minimum Gasteiger partial charge on any atom is -0.454 e. The van der Waals surface area contributed by atoms with E-state index in [1.54, 1.807) is 0 Å². The van der Waals surface area contributed by atoms with Crippen LogP contribution in [0.4, 0.5) is 5.69 Å². The highest BCUT2D eigenvalue weighted by molar-refractivity contribution is 6.14. The van der Waals surface area contributed by atoms with Gasteiger partial charge in [0.25, 0.3) is 0 Å². The van der Waals surface area contributed by atoms with E-state index in [2.05, 4.69) is 18.0 Å². The second kappa shape index (κ2) is 5.62. The van der Waals surface area contributed by atoms with Crippen molar-refractivity contribution in [3.8, 4) is 11.5 Å². The molecule has 0 spiro atoms. The van der Waals surface area contributed by atoms with E-state index in [-0.39, 0.29) is 6.79 Å². The molecule has 0 amide bonds. The zero-order valence-corrected chi connectivity index (χ0v) is 14.4. The largest absolute Gasteiger partial charge is 0.454 e. The quantitative estimate of drug-likeness (QED) is 0.566. The molecule has 130 valence electrons. The zero-order valence-electron chi connectivity index (χ0n) is 14.4. The van der Waals surface area contributed by atoms with E-state index in [1.807, 2.05) is 41.2 Å². The minimum atomic E-state index is 0.254. The molecular weight excluding hydrogens is 328 g/mol. The van der Waals surface area contributed by atoms with Gasteiger partial charge in [0.15, 0.2) is 11.5 Å². The summed E-state index contributed by atoms with van der Waals surface area (Å²) in [6.07, 6.45) is 3.46. The van der Waals surface area contributed by atoms with Crippen LogP contribution in [0.25, 0.3) is 0 Å². The average molecular weight is 346 g/mol. The lowest BCUT2D eigenvalue weighted by molar-refractivity contribution is 0.174. The van der Waals surface area contributed by atoms with Crippen LogP contribution < -0.4 is 15.2 Å². The summed E-state index contributed by atoms with van der Waals surface area (Å²) >= 11 is 0. The van der Waals surface area contributed by atoms with Gasteiger partial charge in [0.2, 0.25) is 6.79 Å². The molecule has 0 radical (unpaired) electrons. The van der Waals surface area contributed by atoms with E-state index in [1.165, 1.54) is 0 Å². The first kappa shape index (κ1) is 15.0. The number of hydrogen-bond acceptors (Lipinski definition) is 5. The summed E-state index contributed by atoms with van der Waals surface area (Å²) in [4.78, 5) is 4.53. The van der Waals surface area contributed by atoms with Gasteiger partial charge in [-0.25, -0.2) is 9.66 Å². The van der Waals surface area contributed by atoms with E-state index in [0.717, 1.165) is 63.9 Å². The number of nitrogen functional groups attached to an aromatic ring is 1. The molecule has 2 aromatic carbocycles. The number of hydrogen-bond donors (Lipinski definition) is 1. The number of imidazole rings is 1. The Hall–Kier alpha value is -3.28. The third-order valence-corrected chi connectivity index (χ3v) is 4.80. The molecule has 3 aromatic rings. The number of ether oxygens (including phenoxy) is 2. The second-order valence-corrected chi connectivity index (χ2v) is 6.44. The molecule has 2 aliphatic rings. The highest BCUT2D eigenvalue weighted by atomic mass is 16.7. The van der Waals surface area contributed by atoms with E-state index >= 15 is 0 Å². The predicted octanol–water partition coefficient (Wildman–Crippen LogP) is 2.96. The van der Waals surface area contributed by atoms with E-state index < -0.39 is 0 Å². The lowest BCUT2D eigenvalue weighted by atomic mass is 9.95. The number of rotatable bonds is 2. The molecule has 0 aliphatic carbocycles. The molecule has 0 bridgehead atoms. The number of nitrogens with two attached hydrogens (primary N) is 1. The SMILES string of the molecule is CCc1ncc2n1N=C(c1ccc(N)cc1)c1cc3c(cc1C2)OCO3. The summed E-state index contributed by atoms with van der Waals surface area (Å²) in [6.45, 7) is 2.34. The number of anilines is 1. The van der Waals surface area contributed by atoms with Crippen LogP contribution in [0, 0.1) is 0 Å². The van der Waals surface area contributed by atoms with Crippen molar-refractivity contribution < 1.29 is 9.47 Å². The lowest BCUT2D eigenvalue weighted by Gasteiger charge is -2.11. The molecule has 0 saturated carbocycles. The maximum absolute atomic E-state index is 5.87. The highest BCUT2D eigenvalue weighted by Gasteiger charge is 2.25. The molecule has 0 saturated heterocycles. The Morgan fingerprint density at radius 3 is 2.65 bits per heavy atom. The van der Waals surface area contributed by atoms with Gasteiger partial charge < -0.3 is 15.2 Å². The molecule has 0 atom stereocenters. The van der Waals surface area contributed by atoms with Gasteiger partial charge in [0.05, 0.1) is 17.6 Å². The van der Waals surface area contributed by atoms with Crippen molar-refractivity contribution >= 4 is 11.4 Å². The molecule has 2 aliphatic heterocycles. The minimum absolute atomic E-state index is 0.254. The van der Waals surface area contributed by atoms with E-state index in [9.17, 15) is 0 Å². The van der Waals surface area contributed by atoms with E-state index in [0.29, 0.717) is 0 Å². The molecule has 6 nitrogen and oxygen atoms in total. The van der Waals surface area contributed by atoms with Crippen molar-refractivity contribution in [3.63, 3.8) is 0 Å². The standard InChI is InChI=1S/C20H18N4O2/c1-2-19-22-10-15-7-13-8-17-18(26-11-25-17)9-16(13)20(23-24(15)19)12-3-5-14(21)6-4-12/h3-6,8-10H,2,7,11,21H2,1H3. The molecule has 3 heterocycles. The first-order valence-corrected chi connectivity index (χ1v) is 8.66. The number of benzene rings is 2. The van der Waals surface area contributed by atoms with Crippen molar-refractivity contribution in [1.82, 2.24) is 9.66 Å². The topological polar surface area (TPSA) is 74.7 Å². The van der Waals surface area contributed by atoms with Gasteiger partial charge in [-0.1, -0.05) is 19.1 Å². The Bertz CT molecular complexity index is 1030. The van der Waals surface area contributed by atoms with Gasteiger partial charge in [0, 0.05) is 29.7 Å². The van der Waals surface area contributed by atoms with Gasteiger partial charge >= 0.3 is 0 Å². The van der Waals surface area contributed by atoms with Gasteiger partial charge in [-0.3, -0.25) is 0 Å². The van der Waals surface area contributed by atoms with Crippen molar-refractivity contribution in [2.75, 3.05) is 12.5 Å². The molecule has 2 N–H and O–H groups in total. The number of aromatic nitrogens is 2. The summed E-state index contributed by atoms with van der Waals surface area (Å²) in [6, 6.07) is 11.9. The summed E-state index contributed by atoms with van der Waals surface area (Å²) in [5.41, 5.74) is 11.7. The zero-order chi connectivity index (χ0) is 17.7. The molecular formula is C20H18N4O2. The van der Waals surface area contributed by atoms with Crippen LogP contribution >= 0.6 is 0 Å². The summed E-state index contributed by atoms with van der Waals surface area (Å²) < 4.78 is 13.1. The van der Waals surface area contributed by atoms with Crippen molar-refractivity contribution in [1.29, 1.82) is 0 Å². The number of nitrogens with zero attached hydrogens (tertiary/aromatic N) is 3. The van der Waals surface area contributed by atoms with Crippen LogP contribution in [-0.4, -0.2) is 22.2 Å². The number of fused-ring (bicyclic) bond motifs is 3. The fraction of sp³-hybridized carbons (Fsp3) is 0.200. The third kappa shape index (κ3) is 2.26. The fourth-order valence-corrected chi connectivity index (χ4v) is 3.46. The Morgan fingerprint density at radius 1 is 1.12 bits per heavy atom. The number of aryl methyl sites for hydroxylation is 1. The first-order valence-electron chi connectivity index (χ1n) is 8.66. The second-order valence-electron chi connectivity index (χ2n) is 6.44. The van der Waals surface area contributed by atoms with Gasteiger partial charge in [-0.15, -0.1) is 0 Å². The summed E-state index contributed by atoms with van der Waals surface area (Å²) in [7, 11) is 0. The Labute approximate surface area is 150 Å². The molecule has 6 heteroatoms. The van der Waals surface area contributed by atoms with Crippen LogP contribution in [0.15, 0.2) is 47.7 Å². The lowest BCUT2D eigenvalue weighted by Crippen LogP contribution is -2.08. The molecule has 0 fully saturated rings. The van der Waals surface area contributed by atoms with Gasteiger partial charge in [0.1, 0.15) is 5.82 Å². The van der Waals surface area contributed by atoms with Crippen molar-refractivity contribution in [3.05, 3.63) is 70.8 Å². The third-order valence-electron chi connectivity index (χ3n) is 4.80. The van der Waals surface area contributed by atoms with Crippen molar-refractivity contribution in [2.45, 2.75) is 19.8 Å². The Kier molecular flexibility index (Phi) is 3.25. The average Bonchev–Trinajstić information content (AvgIpc) is 3.23. The molecule has 1 aromatic heterocycles. The van der Waals surface area contributed by atoms with Gasteiger partial charge in [-0.2, -0.15) is 5.10 Å². The highest BCUT2D eigenvalue weighted by Crippen LogP contribution is 2.37. The first-order chi connectivity index (χ1) is 12.7. The molecule has 0 unspecified atom stereocenters. The summed E-state index contributed by atoms with van der Waals surface area (Å²) in [5.74, 6) is 2.48. The molecule has 26 heavy (non-hydrogen) atoms. The van der Waals surface area contributed by atoms with Crippen LogP contribution in [0.3, 0.4) is 0 Å². The monoisotopic (exact) mass is 346 g/mol. The van der Waals surface area contributed by atoms with Crippen molar-refractivity contribution in [2.24, 2.45) is 5.10 Å².